The molecule has 0 N–H and O–H groups in total. The van der Waals surface area contributed by atoms with Gasteiger partial charge in [0.05, 0.1) is 6.54 Å². The number of benzene rings is 2. The highest BCUT2D eigenvalue weighted by molar-refractivity contribution is 5.95. The maximum Gasteiger partial charge on any atom is 0.254 e. The molecular formula is C24H23FN2O. The smallest absolute Gasteiger partial charge is 0.254 e. The van der Waals surface area contributed by atoms with Crippen LogP contribution in [0.1, 0.15) is 42.5 Å². The molecule has 0 spiro atoms. The van der Waals surface area contributed by atoms with Gasteiger partial charge in [-0.2, -0.15) is 0 Å². The zero-order valence-electron chi connectivity index (χ0n) is 15.8. The molecule has 2 aromatic carbocycles. The first-order valence-electron chi connectivity index (χ1n) is 10.1. The lowest BCUT2D eigenvalue weighted by molar-refractivity contribution is 0.0645. The van der Waals surface area contributed by atoms with Gasteiger partial charge in [0.25, 0.3) is 5.91 Å². The van der Waals surface area contributed by atoms with E-state index in [2.05, 4.69) is 9.89 Å². The summed E-state index contributed by atoms with van der Waals surface area (Å²) in [5.74, 6) is -0.141. The molecule has 4 heteroatoms. The fourth-order valence-electron chi connectivity index (χ4n) is 4.45. The largest absolute Gasteiger partial charge is 0.332 e. The topological polar surface area (TPSA) is 32.7 Å². The summed E-state index contributed by atoms with van der Waals surface area (Å²) in [7, 11) is 0. The molecule has 3 aliphatic rings. The van der Waals surface area contributed by atoms with Gasteiger partial charge in [-0.25, -0.2) is 4.39 Å². The van der Waals surface area contributed by atoms with E-state index in [1.54, 1.807) is 12.1 Å². The van der Waals surface area contributed by atoms with Crippen molar-refractivity contribution in [3.63, 3.8) is 0 Å². The van der Waals surface area contributed by atoms with Gasteiger partial charge in [0.2, 0.25) is 0 Å². The summed E-state index contributed by atoms with van der Waals surface area (Å²) in [6, 6.07) is 14.7. The average Bonchev–Trinajstić information content (AvgIpc) is 3.44. The summed E-state index contributed by atoms with van der Waals surface area (Å²) in [6.07, 6.45) is 7.18. The van der Waals surface area contributed by atoms with Crippen LogP contribution < -0.4 is 0 Å². The summed E-state index contributed by atoms with van der Waals surface area (Å²) < 4.78 is 14.0. The van der Waals surface area contributed by atoms with Crippen molar-refractivity contribution < 1.29 is 9.18 Å². The summed E-state index contributed by atoms with van der Waals surface area (Å²) in [5, 5.41) is 0. The molecule has 0 aromatic heterocycles. The summed E-state index contributed by atoms with van der Waals surface area (Å²) in [6.45, 7) is 0.844. The molecule has 1 aliphatic heterocycles. The van der Waals surface area contributed by atoms with E-state index in [4.69, 9.17) is 0 Å². The van der Waals surface area contributed by atoms with Gasteiger partial charge in [0, 0.05) is 29.4 Å². The van der Waals surface area contributed by atoms with Gasteiger partial charge in [-0.15, -0.1) is 0 Å². The number of hydrogen-bond donors (Lipinski definition) is 0. The molecule has 0 saturated heterocycles. The van der Waals surface area contributed by atoms with Gasteiger partial charge in [-0.3, -0.25) is 9.79 Å². The molecule has 1 atom stereocenters. The van der Waals surface area contributed by atoms with E-state index in [-0.39, 0.29) is 17.8 Å². The zero-order valence-corrected chi connectivity index (χ0v) is 15.8. The Hall–Kier alpha value is -2.75. The van der Waals surface area contributed by atoms with Crippen molar-refractivity contribution in [3.8, 4) is 11.1 Å². The fraction of sp³-hybridized carbons (Fsp3) is 0.333. The van der Waals surface area contributed by atoms with Crippen molar-refractivity contribution in [1.29, 1.82) is 0 Å². The van der Waals surface area contributed by atoms with Crippen LogP contribution in [-0.4, -0.2) is 35.7 Å². The SMILES string of the molecule is O=C(c1ccc(-c2ccccc2F)cc1)N(C1CC1)C1CCC2=C(C=NC2)C1. The van der Waals surface area contributed by atoms with Gasteiger partial charge in [-0.1, -0.05) is 30.3 Å². The van der Waals surface area contributed by atoms with Crippen LogP contribution in [0.5, 0.6) is 0 Å². The number of hydrogen-bond acceptors (Lipinski definition) is 2. The normalized spacial score (nSPS) is 21.0. The molecule has 28 heavy (non-hydrogen) atoms. The molecule has 1 amide bonds. The number of halogens is 1. The molecule has 5 rings (SSSR count). The lowest BCUT2D eigenvalue weighted by Gasteiger charge is -2.35. The standard InChI is InChI=1S/C24H23FN2O/c25-23-4-2-1-3-22(23)16-5-7-17(8-6-16)24(28)27(20-11-12-20)21-10-9-18-14-26-15-19(18)13-21/h1-8,15,20-21H,9-14H2. The van der Waals surface area contributed by atoms with Gasteiger partial charge in [0.1, 0.15) is 5.82 Å². The first-order valence-corrected chi connectivity index (χ1v) is 10.1. The van der Waals surface area contributed by atoms with Gasteiger partial charge in [0.15, 0.2) is 0 Å². The zero-order chi connectivity index (χ0) is 19.1. The van der Waals surface area contributed by atoms with E-state index in [1.165, 1.54) is 17.2 Å². The highest BCUT2D eigenvalue weighted by Crippen LogP contribution is 2.37. The summed E-state index contributed by atoms with van der Waals surface area (Å²) >= 11 is 0. The molecule has 1 saturated carbocycles. The highest BCUT2D eigenvalue weighted by atomic mass is 19.1. The third kappa shape index (κ3) is 3.17. The third-order valence-electron chi connectivity index (χ3n) is 6.10. The van der Waals surface area contributed by atoms with Gasteiger partial charge < -0.3 is 4.90 Å². The predicted octanol–water partition coefficient (Wildman–Crippen LogP) is 5.03. The van der Waals surface area contributed by atoms with Crippen molar-refractivity contribution in [2.24, 2.45) is 4.99 Å². The Morgan fingerprint density at radius 3 is 2.54 bits per heavy atom. The van der Waals surface area contributed by atoms with E-state index in [0.29, 0.717) is 17.2 Å². The van der Waals surface area contributed by atoms with Crippen molar-refractivity contribution in [1.82, 2.24) is 4.90 Å². The third-order valence-corrected chi connectivity index (χ3v) is 6.10. The quantitative estimate of drug-likeness (QED) is 0.739. The van der Waals surface area contributed by atoms with Crippen molar-refractivity contribution in [2.75, 3.05) is 6.54 Å². The molecule has 0 radical (unpaired) electrons. The second-order valence-corrected chi connectivity index (χ2v) is 8.00. The second-order valence-electron chi connectivity index (χ2n) is 8.00. The highest BCUT2D eigenvalue weighted by Gasteiger charge is 2.39. The molecule has 2 aliphatic carbocycles. The maximum atomic E-state index is 14.0. The number of nitrogens with zero attached hydrogens (tertiary/aromatic N) is 2. The van der Waals surface area contributed by atoms with E-state index < -0.39 is 0 Å². The van der Waals surface area contributed by atoms with Crippen LogP contribution in [0, 0.1) is 5.82 Å². The van der Waals surface area contributed by atoms with Crippen LogP contribution in [0.2, 0.25) is 0 Å². The fourth-order valence-corrected chi connectivity index (χ4v) is 4.45. The molecule has 0 bridgehead atoms. The molecule has 3 nitrogen and oxygen atoms in total. The molecule has 1 unspecified atom stereocenters. The summed E-state index contributed by atoms with van der Waals surface area (Å²) in [4.78, 5) is 19.9. The second kappa shape index (κ2) is 7.01. The molecule has 1 fully saturated rings. The van der Waals surface area contributed by atoms with E-state index >= 15 is 0 Å². The van der Waals surface area contributed by atoms with E-state index in [9.17, 15) is 9.18 Å². The number of rotatable bonds is 4. The van der Waals surface area contributed by atoms with Crippen LogP contribution in [0.25, 0.3) is 11.1 Å². The Morgan fingerprint density at radius 2 is 1.79 bits per heavy atom. The minimum atomic E-state index is -0.245. The Kier molecular flexibility index (Phi) is 4.34. The van der Waals surface area contributed by atoms with Gasteiger partial charge >= 0.3 is 0 Å². The van der Waals surface area contributed by atoms with Crippen molar-refractivity contribution in [3.05, 3.63) is 71.1 Å². The van der Waals surface area contributed by atoms with E-state index in [0.717, 1.165) is 44.2 Å². The monoisotopic (exact) mass is 374 g/mol. The Bertz CT molecular complexity index is 972. The minimum absolute atomic E-state index is 0.103. The summed E-state index contributed by atoms with van der Waals surface area (Å²) in [5.41, 5.74) is 4.83. The van der Waals surface area contributed by atoms with Crippen LogP contribution in [0.15, 0.2) is 64.7 Å². The van der Waals surface area contributed by atoms with Crippen LogP contribution in [0.4, 0.5) is 4.39 Å². The first kappa shape index (κ1) is 17.4. The van der Waals surface area contributed by atoms with Crippen LogP contribution in [-0.2, 0) is 0 Å². The first-order chi connectivity index (χ1) is 13.7. The number of aliphatic imine (C=N–C) groups is 1. The Labute approximate surface area is 164 Å². The van der Waals surface area contributed by atoms with Crippen molar-refractivity contribution in [2.45, 2.75) is 44.2 Å². The average molecular weight is 374 g/mol. The van der Waals surface area contributed by atoms with Crippen molar-refractivity contribution >= 4 is 12.1 Å². The Morgan fingerprint density at radius 1 is 1.00 bits per heavy atom. The van der Waals surface area contributed by atoms with Crippen LogP contribution in [0.3, 0.4) is 0 Å². The molecule has 1 heterocycles. The number of carbonyl (C=O) groups is 1. The molecule has 2 aromatic rings. The van der Waals surface area contributed by atoms with Crippen LogP contribution >= 0.6 is 0 Å². The molecule has 142 valence electrons. The predicted molar refractivity (Wildman–Crippen MR) is 109 cm³/mol. The Balaban J connectivity index is 1.38. The maximum absolute atomic E-state index is 14.0. The van der Waals surface area contributed by atoms with E-state index in [1.807, 2.05) is 36.5 Å². The minimum Gasteiger partial charge on any atom is -0.332 e. The lowest BCUT2D eigenvalue weighted by Crippen LogP contribution is -2.43. The van der Waals surface area contributed by atoms with Gasteiger partial charge in [-0.05, 0) is 67.0 Å². The number of carbonyl (C=O) groups excluding carboxylic acids is 1. The number of amides is 1. The molecular weight excluding hydrogens is 351 g/mol. The lowest BCUT2D eigenvalue weighted by atomic mass is 9.88.